The molecule has 0 radical (unpaired) electrons. The van der Waals surface area contributed by atoms with Crippen LogP contribution in [0.4, 0.5) is 0 Å². The number of pyridine rings is 1. The zero-order valence-corrected chi connectivity index (χ0v) is 9.11. The monoisotopic (exact) mass is 210 g/mol. The first-order valence-electron chi connectivity index (χ1n) is 5.74. The third-order valence-corrected chi connectivity index (χ3v) is 3.55. The normalized spacial score (nSPS) is 27.3. The molecule has 1 N–H and O–H groups in total. The van der Waals surface area contributed by atoms with E-state index in [4.69, 9.17) is 6.42 Å². The van der Waals surface area contributed by atoms with Crippen molar-refractivity contribution in [3.8, 4) is 12.3 Å². The van der Waals surface area contributed by atoms with Gasteiger partial charge < -0.3 is 5.32 Å². The maximum atomic E-state index is 5.40. The van der Waals surface area contributed by atoms with E-state index in [0.717, 1.165) is 18.0 Å². The molecule has 80 valence electrons. The highest BCUT2D eigenvalue weighted by Gasteiger charge is 2.35. The van der Waals surface area contributed by atoms with E-state index in [1.54, 1.807) is 6.20 Å². The fourth-order valence-corrected chi connectivity index (χ4v) is 2.59. The van der Waals surface area contributed by atoms with Crippen molar-refractivity contribution in [2.45, 2.75) is 18.9 Å². The molecule has 16 heavy (non-hydrogen) atoms. The molecule has 1 aliphatic heterocycles. The lowest BCUT2D eigenvalue weighted by Crippen LogP contribution is -2.54. The maximum Gasteiger partial charge on any atom is 0.0432 e. The summed E-state index contributed by atoms with van der Waals surface area (Å²) in [6, 6.07) is 2.59. The molecule has 2 heteroatoms. The van der Waals surface area contributed by atoms with Gasteiger partial charge in [-0.1, -0.05) is 12.0 Å². The summed E-state index contributed by atoms with van der Waals surface area (Å²) in [6.45, 7) is 1.16. The third kappa shape index (κ3) is 1.45. The van der Waals surface area contributed by atoms with Gasteiger partial charge in [0.25, 0.3) is 0 Å². The van der Waals surface area contributed by atoms with Gasteiger partial charge in [0.15, 0.2) is 0 Å². The quantitative estimate of drug-likeness (QED) is 0.715. The zero-order valence-electron chi connectivity index (χ0n) is 9.11. The Bertz CT molecular complexity index is 482. The fraction of sp³-hybridized carbons (Fsp3) is 0.357. The topological polar surface area (TPSA) is 24.9 Å². The average Bonchev–Trinajstić information content (AvgIpc) is 2.30. The summed E-state index contributed by atoms with van der Waals surface area (Å²) < 4.78 is 0. The van der Waals surface area contributed by atoms with Gasteiger partial charge in [-0.05, 0) is 36.0 Å². The molecule has 1 saturated heterocycles. The predicted octanol–water partition coefficient (Wildman–Crippen LogP) is 1.83. The molecular formula is C14H14N2. The van der Waals surface area contributed by atoms with Gasteiger partial charge in [0.1, 0.15) is 0 Å². The molecule has 0 bridgehead atoms. The Morgan fingerprint density at radius 2 is 2.38 bits per heavy atom. The van der Waals surface area contributed by atoms with Gasteiger partial charge in [-0.2, -0.15) is 0 Å². The van der Waals surface area contributed by atoms with Crippen molar-refractivity contribution in [2.24, 2.45) is 5.92 Å². The fourth-order valence-electron chi connectivity index (χ4n) is 2.59. The van der Waals surface area contributed by atoms with Crippen molar-refractivity contribution in [1.82, 2.24) is 10.3 Å². The van der Waals surface area contributed by atoms with Crippen molar-refractivity contribution in [3.63, 3.8) is 0 Å². The summed E-state index contributed by atoms with van der Waals surface area (Å²) in [7, 11) is 0. The van der Waals surface area contributed by atoms with Crippen LogP contribution in [-0.4, -0.2) is 17.6 Å². The number of nitrogens with one attached hydrogen (secondary N) is 1. The van der Waals surface area contributed by atoms with E-state index in [-0.39, 0.29) is 0 Å². The minimum absolute atomic E-state index is 0.531. The predicted molar refractivity (Wildman–Crippen MR) is 64.7 cm³/mol. The van der Waals surface area contributed by atoms with E-state index in [9.17, 15) is 0 Å². The second kappa shape index (κ2) is 3.77. The molecule has 2 heterocycles. The first-order valence-corrected chi connectivity index (χ1v) is 5.74. The molecule has 0 aromatic carbocycles. The number of fused-ring (bicyclic) bond motifs is 1. The van der Waals surface area contributed by atoms with Crippen molar-refractivity contribution in [1.29, 1.82) is 0 Å². The molecule has 1 aromatic heterocycles. The molecule has 1 aliphatic carbocycles. The van der Waals surface area contributed by atoms with Crippen molar-refractivity contribution < 1.29 is 0 Å². The molecule has 0 amide bonds. The van der Waals surface area contributed by atoms with Crippen LogP contribution in [0.15, 0.2) is 24.5 Å². The van der Waals surface area contributed by atoms with Gasteiger partial charge in [-0.3, -0.25) is 4.98 Å². The first kappa shape index (κ1) is 9.62. The lowest BCUT2D eigenvalue weighted by atomic mass is 9.76. The van der Waals surface area contributed by atoms with Crippen LogP contribution < -0.4 is 5.32 Å². The van der Waals surface area contributed by atoms with Crippen LogP contribution in [-0.2, 0) is 0 Å². The maximum absolute atomic E-state index is 5.40. The number of hydrogen-bond acceptors (Lipinski definition) is 2. The highest BCUT2D eigenvalue weighted by molar-refractivity contribution is 5.72. The van der Waals surface area contributed by atoms with E-state index >= 15 is 0 Å². The van der Waals surface area contributed by atoms with Crippen LogP contribution in [0.5, 0.6) is 0 Å². The number of nitrogens with zero attached hydrogens (tertiary/aromatic N) is 1. The minimum Gasteiger partial charge on any atom is -0.309 e. The number of hydrogen-bond donors (Lipinski definition) is 1. The Hall–Kier alpha value is -1.59. The molecule has 3 rings (SSSR count). The molecule has 0 spiro atoms. The summed E-state index contributed by atoms with van der Waals surface area (Å²) >= 11 is 0. The van der Waals surface area contributed by atoms with Crippen LogP contribution in [0.1, 0.15) is 24.0 Å². The summed E-state index contributed by atoms with van der Waals surface area (Å²) in [4.78, 5) is 4.20. The largest absolute Gasteiger partial charge is 0.309 e. The number of rotatable bonds is 1. The Labute approximate surface area is 95.8 Å². The van der Waals surface area contributed by atoms with Crippen molar-refractivity contribution in [3.05, 3.63) is 35.7 Å². The van der Waals surface area contributed by atoms with E-state index in [0.29, 0.717) is 6.04 Å². The average molecular weight is 210 g/mol. The number of terminal acetylenes is 1. The Kier molecular flexibility index (Phi) is 2.27. The van der Waals surface area contributed by atoms with E-state index in [1.165, 1.54) is 24.0 Å². The van der Waals surface area contributed by atoms with E-state index in [1.807, 2.05) is 6.20 Å². The van der Waals surface area contributed by atoms with Crippen molar-refractivity contribution in [2.75, 3.05) is 6.54 Å². The lowest BCUT2D eigenvalue weighted by molar-refractivity contribution is 0.262. The van der Waals surface area contributed by atoms with Crippen LogP contribution in [0.25, 0.3) is 5.57 Å². The molecule has 1 fully saturated rings. The summed E-state index contributed by atoms with van der Waals surface area (Å²) in [5.41, 5.74) is 3.42. The molecule has 0 saturated carbocycles. The van der Waals surface area contributed by atoms with Gasteiger partial charge >= 0.3 is 0 Å². The minimum atomic E-state index is 0.531. The summed E-state index contributed by atoms with van der Waals surface area (Å²) in [6.07, 6.45) is 13.9. The second-order valence-corrected chi connectivity index (χ2v) is 4.49. The molecule has 2 aliphatic rings. The van der Waals surface area contributed by atoms with E-state index < -0.39 is 0 Å². The molecule has 2 atom stereocenters. The Balaban J connectivity index is 1.97. The van der Waals surface area contributed by atoms with Gasteiger partial charge in [-0.25, -0.2) is 0 Å². The van der Waals surface area contributed by atoms with Crippen LogP contribution in [0.2, 0.25) is 0 Å². The Morgan fingerprint density at radius 3 is 3.12 bits per heavy atom. The smallest absolute Gasteiger partial charge is 0.0432 e. The van der Waals surface area contributed by atoms with E-state index in [2.05, 4.69) is 28.4 Å². The number of allylic oxidation sites excluding steroid dienone is 1. The second-order valence-electron chi connectivity index (χ2n) is 4.49. The molecule has 2 nitrogen and oxygen atoms in total. The first-order chi connectivity index (χ1) is 7.88. The third-order valence-electron chi connectivity index (χ3n) is 3.55. The van der Waals surface area contributed by atoms with Gasteiger partial charge in [-0.15, -0.1) is 6.42 Å². The molecule has 2 unspecified atom stereocenters. The SMILES string of the molecule is C#Cc1cncc(C2=CCCC3CNC23)c1. The standard InChI is InChI=1S/C14H14N2/c1-2-10-6-12(8-15-7-10)13-5-3-4-11-9-16-14(11)13/h1,5-8,11,14,16H,3-4,9H2. The molecular weight excluding hydrogens is 196 g/mol. The van der Waals surface area contributed by atoms with Crippen LogP contribution >= 0.6 is 0 Å². The summed E-state index contributed by atoms with van der Waals surface area (Å²) in [5, 5.41) is 3.49. The zero-order chi connectivity index (χ0) is 11.0. The highest BCUT2D eigenvalue weighted by atomic mass is 15.0. The van der Waals surface area contributed by atoms with Gasteiger partial charge in [0.2, 0.25) is 0 Å². The Morgan fingerprint density at radius 1 is 1.44 bits per heavy atom. The van der Waals surface area contributed by atoms with Gasteiger partial charge in [0.05, 0.1) is 0 Å². The highest BCUT2D eigenvalue weighted by Crippen LogP contribution is 2.35. The number of aromatic nitrogens is 1. The van der Waals surface area contributed by atoms with Gasteiger partial charge in [0, 0.05) is 30.5 Å². The van der Waals surface area contributed by atoms with Crippen LogP contribution in [0.3, 0.4) is 0 Å². The van der Waals surface area contributed by atoms with Crippen molar-refractivity contribution >= 4 is 5.57 Å². The summed E-state index contributed by atoms with van der Waals surface area (Å²) in [5.74, 6) is 3.45. The van der Waals surface area contributed by atoms with Crippen LogP contribution in [0, 0.1) is 18.3 Å². The molecule has 1 aromatic rings. The lowest BCUT2D eigenvalue weighted by Gasteiger charge is -2.42.